The molecule has 0 nitrogen and oxygen atoms in total. The van der Waals surface area contributed by atoms with Crippen molar-refractivity contribution in [2.24, 2.45) is 0 Å². The Morgan fingerprint density at radius 3 is 2.16 bits per heavy atom. The van der Waals surface area contributed by atoms with Gasteiger partial charge in [0.1, 0.15) is 11.6 Å². The van der Waals surface area contributed by atoms with Crippen LogP contribution in [0.4, 0.5) is 8.78 Å². The highest BCUT2D eigenvalue weighted by Crippen LogP contribution is 2.38. The van der Waals surface area contributed by atoms with Gasteiger partial charge in [0.15, 0.2) is 0 Å². The van der Waals surface area contributed by atoms with Gasteiger partial charge < -0.3 is 0 Å². The molecule has 0 aromatic heterocycles. The Hall–Kier alpha value is -0.930. The number of rotatable bonds is 2. The number of aryl methyl sites for hydroxylation is 2. The molecule has 2 aromatic carbocycles. The Morgan fingerprint density at radius 1 is 1.05 bits per heavy atom. The standard InChI is InChI=1S/C15H12BrClF2/c1-8-6-10(18)7-9(2)13(8)15(17)14-11(16)4-3-5-12(14)19/h3-7,15H,1-2H3. The van der Waals surface area contributed by atoms with E-state index in [1.54, 1.807) is 26.0 Å². The molecule has 1 unspecified atom stereocenters. The zero-order valence-electron chi connectivity index (χ0n) is 10.5. The first-order valence-electron chi connectivity index (χ1n) is 5.76. The Labute approximate surface area is 124 Å². The number of hydrogen-bond donors (Lipinski definition) is 0. The van der Waals surface area contributed by atoms with E-state index in [2.05, 4.69) is 15.9 Å². The van der Waals surface area contributed by atoms with Crippen molar-refractivity contribution in [3.8, 4) is 0 Å². The van der Waals surface area contributed by atoms with Crippen LogP contribution in [0.25, 0.3) is 0 Å². The van der Waals surface area contributed by atoms with E-state index in [-0.39, 0.29) is 11.6 Å². The van der Waals surface area contributed by atoms with E-state index in [1.165, 1.54) is 18.2 Å². The summed E-state index contributed by atoms with van der Waals surface area (Å²) in [5.41, 5.74) is 2.55. The lowest BCUT2D eigenvalue weighted by Gasteiger charge is -2.18. The normalized spacial score (nSPS) is 12.5. The van der Waals surface area contributed by atoms with Crippen LogP contribution >= 0.6 is 27.5 Å². The molecule has 1 atom stereocenters. The fraction of sp³-hybridized carbons (Fsp3) is 0.200. The van der Waals surface area contributed by atoms with Gasteiger partial charge in [-0.05, 0) is 54.8 Å². The highest BCUT2D eigenvalue weighted by Gasteiger charge is 2.22. The average Bonchev–Trinajstić information content (AvgIpc) is 2.26. The third kappa shape index (κ3) is 2.82. The van der Waals surface area contributed by atoms with E-state index in [4.69, 9.17) is 11.6 Å². The van der Waals surface area contributed by atoms with Crippen LogP contribution < -0.4 is 0 Å². The lowest BCUT2D eigenvalue weighted by molar-refractivity contribution is 0.609. The predicted octanol–water partition coefficient (Wildman–Crippen LogP) is 5.67. The molecule has 0 amide bonds. The molecule has 0 bridgehead atoms. The zero-order valence-corrected chi connectivity index (χ0v) is 12.8. The van der Waals surface area contributed by atoms with Crippen molar-refractivity contribution in [2.45, 2.75) is 19.2 Å². The quantitative estimate of drug-likeness (QED) is 0.615. The van der Waals surface area contributed by atoms with Gasteiger partial charge in [-0.1, -0.05) is 22.0 Å². The van der Waals surface area contributed by atoms with Crippen LogP contribution in [0, 0.1) is 25.5 Å². The summed E-state index contributed by atoms with van der Waals surface area (Å²) in [5, 5.41) is -0.656. The first-order chi connectivity index (χ1) is 8.91. The smallest absolute Gasteiger partial charge is 0.129 e. The second-order valence-electron chi connectivity index (χ2n) is 4.45. The van der Waals surface area contributed by atoms with Gasteiger partial charge >= 0.3 is 0 Å². The van der Waals surface area contributed by atoms with Gasteiger partial charge in [-0.3, -0.25) is 0 Å². The van der Waals surface area contributed by atoms with E-state index >= 15 is 0 Å². The Bertz CT molecular complexity index is 582. The maximum atomic E-state index is 13.9. The van der Waals surface area contributed by atoms with Crippen molar-refractivity contribution < 1.29 is 8.78 Å². The predicted molar refractivity (Wildman–Crippen MR) is 77.7 cm³/mol. The van der Waals surface area contributed by atoms with Crippen molar-refractivity contribution in [1.82, 2.24) is 0 Å². The van der Waals surface area contributed by atoms with Crippen LogP contribution in [0.3, 0.4) is 0 Å². The maximum absolute atomic E-state index is 13.9. The van der Waals surface area contributed by atoms with Crippen LogP contribution in [0.15, 0.2) is 34.8 Å². The topological polar surface area (TPSA) is 0 Å². The molecular weight excluding hydrogens is 334 g/mol. The van der Waals surface area contributed by atoms with E-state index in [0.717, 1.165) is 5.56 Å². The maximum Gasteiger partial charge on any atom is 0.129 e. The zero-order chi connectivity index (χ0) is 14.2. The largest absolute Gasteiger partial charge is 0.207 e. The first kappa shape index (κ1) is 14.5. The molecular formula is C15H12BrClF2. The second kappa shape index (κ2) is 5.59. The summed E-state index contributed by atoms with van der Waals surface area (Å²) < 4.78 is 27.9. The summed E-state index contributed by atoms with van der Waals surface area (Å²) in [6.45, 7) is 3.55. The van der Waals surface area contributed by atoms with Gasteiger partial charge in [-0.25, -0.2) is 8.78 Å². The summed E-state index contributed by atoms with van der Waals surface area (Å²) in [7, 11) is 0. The monoisotopic (exact) mass is 344 g/mol. The molecule has 0 aliphatic carbocycles. The van der Waals surface area contributed by atoms with Crippen LogP contribution in [-0.4, -0.2) is 0 Å². The summed E-state index contributed by atoms with van der Waals surface area (Å²) in [6.07, 6.45) is 0. The molecule has 0 N–H and O–H groups in total. The Balaban J connectivity index is 2.60. The number of alkyl halides is 1. The molecule has 0 fully saturated rings. The molecule has 19 heavy (non-hydrogen) atoms. The molecule has 0 aliphatic heterocycles. The molecule has 100 valence electrons. The van der Waals surface area contributed by atoms with Gasteiger partial charge in [0.25, 0.3) is 0 Å². The van der Waals surface area contributed by atoms with E-state index in [9.17, 15) is 8.78 Å². The molecule has 2 rings (SSSR count). The van der Waals surface area contributed by atoms with Crippen LogP contribution in [-0.2, 0) is 0 Å². The van der Waals surface area contributed by atoms with Crippen molar-refractivity contribution in [3.63, 3.8) is 0 Å². The molecule has 0 radical (unpaired) electrons. The molecule has 0 heterocycles. The van der Waals surface area contributed by atoms with Gasteiger partial charge in [-0.2, -0.15) is 0 Å². The minimum atomic E-state index is -0.656. The first-order valence-corrected chi connectivity index (χ1v) is 6.99. The third-order valence-electron chi connectivity index (χ3n) is 3.07. The molecule has 2 aromatic rings. The Morgan fingerprint density at radius 2 is 1.63 bits per heavy atom. The molecule has 0 saturated heterocycles. The van der Waals surface area contributed by atoms with Crippen LogP contribution in [0.5, 0.6) is 0 Å². The van der Waals surface area contributed by atoms with Crippen LogP contribution in [0.2, 0.25) is 0 Å². The highest BCUT2D eigenvalue weighted by atomic mass is 79.9. The van der Waals surface area contributed by atoms with E-state index in [1.807, 2.05) is 0 Å². The van der Waals surface area contributed by atoms with Crippen molar-refractivity contribution in [1.29, 1.82) is 0 Å². The lowest BCUT2D eigenvalue weighted by Crippen LogP contribution is -2.03. The number of halogens is 4. The van der Waals surface area contributed by atoms with Crippen molar-refractivity contribution >= 4 is 27.5 Å². The molecule has 0 saturated carbocycles. The van der Waals surface area contributed by atoms with Crippen molar-refractivity contribution in [3.05, 3.63) is 68.7 Å². The molecule has 0 aliphatic rings. The Kier molecular flexibility index (Phi) is 4.26. The lowest BCUT2D eigenvalue weighted by atomic mass is 9.95. The van der Waals surface area contributed by atoms with Crippen molar-refractivity contribution in [2.75, 3.05) is 0 Å². The van der Waals surface area contributed by atoms with Gasteiger partial charge in [-0.15, -0.1) is 11.6 Å². The SMILES string of the molecule is Cc1cc(F)cc(C)c1C(Cl)c1c(F)cccc1Br. The van der Waals surface area contributed by atoms with Gasteiger partial charge in [0, 0.05) is 10.0 Å². The van der Waals surface area contributed by atoms with Crippen LogP contribution in [0.1, 0.15) is 27.6 Å². The molecule has 4 heteroatoms. The third-order valence-corrected chi connectivity index (χ3v) is 4.19. The fourth-order valence-electron chi connectivity index (χ4n) is 2.22. The van der Waals surface area contributed by atoms with E-state index in [0.29, 0.717) is 21.2 Å². The summed E-state index contributed by atoms with van der Waals surface area (Å²) in [4.78, 5) is 0. The summed E-state index contributed by atoms with van der Waals surface area (Å²) >= 11 is 9.72. The van der Waals surface area contributed by atoms with E-state index < -0.39 is 5.38 Å². The molecule has 0 spiro atoms. The number of hydrogen-bond acceptors (Lipinski definition) is 0. The number of benzene rings is 2. The van der Waals surface area contributed by atoms with Gasteiger partial charge in [0.2, 0.25) is 0 Å². The highest BCUT2D eigenvalue weighted by molar-refractivity contribution is 9.10. The fourth-order valence-corrected chi connectivity index (χ4v) is 3.49. The minimum absolute atomic E-state index is 0.310. The second-order valence-corrected chi connectivity index (χ2v) is 5.74. The summed E-state index contributed by atoms with van der Waals surface area (Å²) in [6, 6.07) is 7.53. The minimum Gasteiger partial charge on any atom is -0.207 e. The van der Waals surface area contributed by atoms with Gasteiger partial charge in [0.05, 0.1) is 5.38 Å². The summed E-state index contributed by atoms with van der Waals surface area (Å²) in [5.74, 6) is -0.687. The average molecular weight is 346 g/mol.